The minimum atomic E-state index is -0.352. The first-order valence-corrected chi connectivity index (χ1v) is 5.94. The molecule has 3 aromatic rings. The van der Waals surface area contributed by atoms with Gasteiger partial charge in [-0.3, -0.25) is 9.78 Å². The van der Waals surface area contributed by atoms with Crippen molar-refractivity contribution in [1.82, 2.24) is 19.9 Å². The summed E-state index contributed by atoms with van der Waals surface area (Å²) in [6, 6.07) is 5.09. The highest BCUT2D eigenvalue weighted by Crippen LogP contribution is 2.15. The number of aromatic nitrogens is 4. The van der Waals surface area contributed by atoms with Crippen LogP contribution in [-0.4, -0.2) is 25.8 Å². The molecule has 0 aliphatic heterocycles. The summed E-state index contributed by atoms with van der Waals surface area (Å²) in [5, 5.41) is 2.70. The van der Waals surface area contributed by atoms with Crippen LogP contribution in [0.4, 0.5) is 5.69 Å². The van der Waals surface area contributed by atoms with Crippen LogP contribution in [-0.2, 0) is 0 Å². The van der Waals surface area contributed by atoms with E-state index in [1.165, 1.54) is 12.4 Å². The molecular formula is C13H11N5O2. The van der Waals surface area contributed by atoms with Crippen LogP contribution >= 0.6 is 0 Å². The Morgan fingerprint density at radius 1 is 1.15 bits per heavy atom. The van der Waals surface area contributed by atoms with E-state index in [9.17, 15) is 9.59 Å². The number of aryl methyl sites for hydroxylation is 1. The lowest BCUT2D eigenvalue weighted by Gasteiger charge is -2.04. The monoisotopic (exact) mass is 269 g/mol. The van der Waals surface area contributed by atoms with E-state index in [2.05, 4.69) is 25.3 Å². The molecule has 3 rings (SSSR count). The van der Waals surface area contributed by atoms with Crippen molar-refractivity contribution >= 4 is 22.6 Å². The molecule has 0 aliphatic rings. The van der Waals surface area contributed by atoms with Crippen LogP contribution in [0, 0.1) is 6.92 Å². The van der Waals surface area contributed by atoms with Gasteiger partial charge in [-0.1, -0.05) is 0 Å². The van der Waals surface area contributed by atoms with Crippen LogP contribution in [0.5, 0.6) is 0 Å². The number of amides is 1. The Morgan fingerprint density at radius 3 is 2.70 bits per heavy atom. The van der Waals surface area contributed by atoms with Crippen LogP contribution in [0.3, 0.4) is 0 Å². The average molecular weight is 269 g/mol. The SMILES string of the molecule is Cc1cnc(C(=O)Nc2ccc3[nH]c(=O)[nH]c3c2)cn1. The number of fused-ring (bicyclic) bond motifs is 1. The molecule has 0 atom stereocenters. The van der Waals surface area contributed by atoms with Crippen molar-refractivity contribution in [3.63, 3.8) is 0 Å². The van der Waals surface area contributed by atoms with Crippen molar-refractivity contribution in [1.29, 1.82) is 0 Å². The first-order valence-electron chi connectivity index (χ1n) is 5.94. The zero-order chi connectivity index (χ0) is 14.1. The number of rotatable bonds is 2. The van der Waals surface area contributed by atoms with Crippen molar-refractivity contribution in [2.24, 2.45) is 0 Å². The minimum absolute atomic E-state index is 0.234. The van der Waals surface area contributed by atoms with Crippen molar-refractivity contribution in [3.05, 3.63) is 52.5 Å². The Morgan fingerprint density at radius 2 is 1.95 bits per heavy atom. The smallest absolute Gasteiger partial charge is 0.321 e. The first kappa shape index (κ1) is 12.1. The van der Waals surface area contributed by atoms with Crippen LogP contribution < -0.4 is 11.0 Å². The number of anilines is 1. The van der Waals surface area contributed by atoms with Crippen molar-refractivity contribution < 1.29 is 4.79 Å². The van der Waals surface area contributed by atoms with Gasteiger partial charge in [-0.25, -0.2) is 9.78 Å². The second kappa shape index (κ2) is 4.61. The van der Waals surface area contributed by atoms with Gasteiger partial charge in [0, 0.05) is 11.9 Å². The Kier molecular flexibility index (Phi) is 2.79. The van der Waals surface area contributed by atoms with Gasteiger partial charge in [-0.05, 0) is 25.1 Å². The van der Waals surface area contributed by atoms with Crippen molar-refractivity contribution in [2.45, 2.75) is 6.92 Å². The number of carbonyl (C=O) groups is 1. The van der Waals surface area contributed by atoms with Crippen LogP contribution in [0.25, 0.3) is 11.0 Å². The fourth-order valence-corrected chi connectivity index (χ4v) is 1.82. The maximum Gasteiger partial charge on any atom is 0.323 e. The molecule has 2 aromatic heterocycles. The number of imidazole rings is 1. The van der Waals surface area contributed by atoms with Gasteiger partial charge in [-0.15, -0.1) is 0 Å². The normalized spacial score (nSPS) is 10.7. The predicted molar refractivity (Wildman–Crippen MR) is 73.6 cm³/mol. The second-order valence-corrected chi connectivity index (χ2v) is 4.34. The van der Waals surface area contributed by atoms with Gasteiger partial charge in [0.25, 0.3) is 5.91 Å². The van der Waals surface area contributed by atoms with Gasteiger partial charge in [0.05, 0.1) is 22.9 Å². The van der Waals surface area contributed by atoms with Crippen LogP contribution in [0.15, 0.2) is 35.4 Å². The summed E-state index contributed by atoms with van der Waals surface area (Å²) in [6.45, 7) is 1.80. The summed E-state index contributed by atoms with van der Waals surface area (Å²) in [4.78, 5) is 36.4. The third-order valence-corrected chi connectivity index (χ3v) is 2.79. The van der Waals surface area contributed by atoms with Crippen molar-refractivity contribution in [2.75, 3.05) is 5.32 Å². The number of hydrogen-bond acceptors (Lipinski definition) is 4. The molecule has 20 heavy (non-hydrogen) atoms. The number of nitrogens with one attached hydrogen (secondary N) is 3. The Labute approximate surface area is 113 Å². The van der Waals surface area contributed by atoms with E-state index in [4.69, 9.17) is 0 Å². The molecule has 0 saturated heterocycles. The van der Waals surface area contributed by atoms with Gasteiger partial charge in [0.2, 0.25) is 0 Å². The number of aromatic amines is 2. The second-order valence-electron chi connectivity index (χ2n) is 4.34. The van der Waals surface area contributed by atoms with E-state index < -0.39 is 0 Å². The fraction of sp³-hybridized carbons (Fsp3) is 0.0769. The number of hydrogen-bond donors (Lipinski definition) is 3. The maximum absolute atomic E-state index is 12.0. The molecule has 100 valence electrons. The molecule has 2 heterocycles. The fourth-order valence-electron chi connectivity index (χ4n) is 1.82. The van der Waals surface area contributed by atoms with E-state index in [0.717, 1.165) is 5.69 Å². The van der Waals surface area contributed by atoms with E-state index in [0.29, 0.717) is 16.7 Å². The largest absolute Gasteiger partial charge is 0.323 e. The zero-order valence-corrected chi connectivity index (χ0v) is 10.6. The maximum atomic E-state index is 12.0. The predicted octanol–water partition coefficient (Wildman–Crippen LogP) is 1.21. The molecule has 7 nitrogen and oxygen atoms in total. The lowest BCUT2D eigenvalue weighted by molar-refractivity contribution is 0.102. The molecular weight excluding hydrogens is 258 g/mol. The molecule has 0 aliphatic carbocycles. The van der Waals surface area contributed by atoms with E-state index in [-0.39, 0.29) is 17.3 Å². The average Bonchev–Trinajstić information content (AvgIpc) is 2.78. The number of H-pyrrole nitrogens is 2. The number of nitrogens with zero attached hydrogens (tertiary/aromatic N) is 2. The molecule has 7 heteroatoms. The topological polar surface area (TPSA) is 104 Å². The lowest BCUT2D eigenvalue weighted by atomic mass is 10.2. The van der Waals surface area contributed by atoms with Gasteiger partial charge in [0.15, 0.2) is 0 Å². The highest BCUT2D eigenvalue weighted by molar-refractivity contribution is 6.03. The third-order valence-electron chi connectivity index (χ3n) is 2.79. The lowest BCUT2D eigenvalue weighted by Crippen LogP contribution is -2.14. The Hall–Kier alpha value is -2.96. The minimum Gasteiger partial charge on any atom is -0.321 e. The number of carbonyl (C=O) groups excluding carboxylic acids is 1. The molecule has 1 aromatic carbocycles. The molecule has 3 N–H and O–H groups in total. The quantitative estimate of drug-likeness (QED) is 0.650. The Bertz CT molecular complexity index is 832. The molecule has 0 unspecified atom stereocenters. The highest BCUT2D eigenvalue weighted by atomic mass is 16.2. The third kappa shape index (κ3) is 2.28. The molecule has 0 spiro atoms. The summed E-state index contributed by atoms with van der Waals surface area (Å²) in [5.74, 6) is -0.352. The summed E-state index contributed by atoms with van der Waals surface area (Å²) in [5.41, 5.74) is 2.57. The molecule has 0 saturated carbocycles. The van der Waals surface area contributed by atoms with Crippen molar-refractivity contribution in [3.8, 4) is 0 Å². The van der Waals surface area contributed by atoms with Crippen LogP contribution in [0.2, 0.25) is 0 Å². The summed E-state index contributed by atoms with van der Waals surface area (Å²) in [6.07, 6.45) is 2.95. The number of benzene rings is 1. The molecule has 1 amide bonds. The molecule has 0 radical (unpaired) electrons. The van der Waals surface area contributed by atoms with Gasteiger partial charge < -0.3 is 15.3 Å². The molecule has 0 bridgehead atoms. The Balaban J connectivity index is 1.86. The standard InChI is InChI=1S/C13H11N5O2/c1-7-5-15-11(6-14-7)12(19)16-8-2-3-9-10(4-8)18-13(20)17-9/h2-6H,1H3,(H,16,19)(H2,17,18,20). The molecule has 0 fully saturated rings. The zero-order valence-electron chi connectivity index (χ0n) is 10.6. The van der Waals surface area contributed by atoms with Crippen LogP contribution in [0.1, 0.15) is 16.2 Å². The summed E-state index contributed by atoms with van der Waals surface area (Å²) >= 11 is 0. The van der Waals surface area contributed by atoms with E-state index in [1.807, 2.05) is 0 Å². The highest BCUT2D eigenvalue weighted by Gasteiger charge is 2.08. The van der Waals surface area contributed by atoms with E-state index >= 15 is 0 Å². The van der Waals surface area contributed by atoms with Gasteiger partial charge in [-0.2, -0.15) is 0 Å². The summed E-state index contributed by atoms with van der Waals surface area (Å²) < 4.78 is 0. The summed E-state index contributed by atoms with van der Waals surface area (Å²) in [7, 11) is 0. The first-order chi connectivity index (χ1) is 9.61. The van der Waals surface area contributed by atoms with E-state index in [1.54, 1.807) is 25.1 Å². The van der Waals surface area contributed by atoms with Gasteiger partial charge >= 0.3 is 5.69 Å². The van der Waals surface area contributed by atoms with Gasteiger partial charge in [0.1, 0.15) is 5.69 Å².